The number of hydrogen-bond donors (Lipinski definition) is 1. The lowest BCUT2D eigenvalue weighted by atomic mass is 9.81. The Labute approximate surface area is 134 Å². The summed E-state index contributed by atoms with van der Waals surface area (Å²) < 4.78 is 10.7. The van der Waals surface area contributed by atoms with Gasteiger partial charge in [-0.3, -0.25) is 4.79 Å². The average Bonchev–Trinajstić information content (AvgIpc) is 2.35. The van der Waals surface area contributed by atoms with Crippen molar-refractivity contribution in [1.29, 1.82) is 0 Å². The molecule has 0 fully saturated rings. The summed E-state index contributed by atoms with van der Waals surface area (Å²) in [6, 6.07) is 7.20. The molecule has 4 nitrogen and oxygen atoms in total. The molecule has 1 aromatic carbocycles. The van der Waals surface area contributed by atoms with Crippen molar-refractivity contribution in [3.05, 3.63) is 29.8 Å². The number of carbonyl (C=O) groups excluding carboxylic acids is 1. The van der Waals surface area contributed by atoms with Gasteiger partial charge >= 0.3 is 5.97 Å². The van der Waals surface area contributed by atoms with Gasteiger partial charge in [-0.25, -0.2) is 0 Å². The minimum absolute atomic E-state index is 0. The quantitative estimate of drug-likeness (QED) is 0.662. The molecule has 6 heteroatoms. The maximum absolute atomic E-state index is 11.8. The predicted octanol–water partition coefficient (Wildman–Crippen LogP) is 3.52. The molecule has 21 heavy (non-hydrogen) atoms. The zero-order valence-electron chi connectivity index (χ0n) is 13.6. The second-order valence-corrected chi connectivity index (χ2v) is 10.9. The minimum atomic E-state index is -1.61. The van der Waals surface area contributed by atoms with Crippen molar-refractivity contribution in [2.45, 2.75) is 39.5 Å². The van der Waals surface area contributed by atoms with Crippen molar-refractivity contribution in [1.82, 2.24) is 0 Å². The number of nitrogens with two attached hydrogens (primary N) is 1. The normalized spacial score (nSPS) is 13.1. The van der Waals surface area contributed by atoms with Crippen molar-refractivity contribution in [2.75, 3.05) is 7.11 Å². The summed E-state index contributed by atoms with van der Waals surface area (Å²) in [7, 11) is -0.232. The smallest absolute Gasteiger partial charge is 0.313 e. The van der Waals surface area contributed by atoms with E-state index >= 15 is 0 Å². The van der Waals surface area contributed by atoms with Crippen LogP contribution in [0.3, 0.4) is 0 Å². The standard InChI is InChI=1S/C15H25NO3Si.ClH/c1-15(2,14(17)18-3)13(16)11-7-9-12(10-8-11)19-20(4,5)6;/h7-10,13H,16H2,1-6H3;1H/t13-;/m1./s1. The number of esters is 1. The summed E-state index contributed by atoms with van der Waals surface area (Å²) in [6.07, 6.45) is 0. The molecule has 1 aromatic rings. The molecule has 0 aromatic heterocycles. The topological polar surface area (TPSA) is 61.5 Å². The van der Waals surface area contributed by atoms with Gasteiger partial charge in [0, 0.05) is 6.04 Å². The number of hydrogen-bond acceptors (Lipinski definition) is 4. The molecule has 0 spiro atoms. The van der Waals surface area contributed by atoms with Crippen LogP contribution < -0.4 is 10.2 Å². The summed E-state index contributed by atoms with van der Waals surface area (Å²) in [5, 5.41) is 0. The van der Waals surface area contributed by atoms with Crippen LogP contribution in [0.4, 0.5) is 0 Å². The van der Waals surface area contributed by atoms with Crippen LogP contribution in [-0.4, -0.2) is 21.4 Å². The van der Waals surface area contributed by atoms with E-state index in [0.29, 0.717) is 0 Å². The molecule has 0 aliphatic heterocycles. The van der Waals surface area contributed by atoms with E-state index in [1.54, 1.807) is 13.8 Å². The Bertz CT molecular complexity index is 469. The van der Waals surface area contributed by atoms with Crippen LogP contribution in [0.15, 0.2) is 24.3 Å². The summed E-state index contributed by atoms with van der Waals surface area (Å²) in [4.78, 5) is 11.8. The van der Waals surface area contributed by atoms with Gasteiger partial charge in [-0.2, -0.15) is 0 Å². The molecule has 0 radical (unpaired) electrons. The van der Waals surface area contributed by atoms with Crippen molar-refractivity contribution in [3.63, 3.8) is 0 Å². The molecule has 0 amide bonds. The Balaban J connectivity index is 0.00000400. The molecule has 2 N–H and O–H groups in total. The maximum atomic E-state index is 11.8. The zero-order valence-corrected chi connectivity index (χ0v) is 15.4. The van der Waals surface area contributed by atoms with Crippen LogP contribution >= 0.6 is 12.4 Å². The molecule has 0 heterocycles. The second-order valence-electron chi connectivity index (χ2n) is 6.47. The third kappa shape index (κ3) is 5.34. The highest BCUT2D eigenvalue weighted by Crippen LogP contribution is 2.33. The first-order valence-electron chi connectivity index (χ1n) is 6.71. The summed E-state index contributed by atoms with van der Waals surface area (Å²) in [5.41, 5.74) is 6.32. The fourth-order valence-electron chi connectivity index (χ4n) is 1.90. The molecule has 0 aliphatic carbocycles. The first-order chi connectivity index (χ1) is 9.08. The van der Waals surface area contributed by atoms with E-state index in [-0.39, 0.29) is 18.4 Å². The highest BCUT2D eigenvalue weighted by Gasteiger charge is 2.36. The summed E-state index contributed by atoms with van der Waals surface area (Å²) in [5.74, 6) is 0.531. The number of benzene rings is 1. The fraction of sp³-hybridized carbons (Fsp3) is 0.533. The van der Waals surface area contributed by atoms with E-state index in [2.05, 4.69) is 19.6 Å². The number of rotatable bonds is 5. The van der Waals surface area contributed by atoms with E-state index in [1.165, 1.54) is 7.11 Å². The van der Waals surface area contributed by atoms with Crippen LogP contribution in [0.25, 0.3) is 0 Å². The van der Waals surface area contributed by atoms with Crippen molar-refractivity contribution >= 4 is 26.7 Å². The van der Waals surface area contributed by atoms with Crippen LogP contribution in [0.5, 0.6) is 5.75 Å². The van der Waals surface area contributed by atoms with Crippen LogP contribution in [0.2, 0.25) is 19.6 Å². The van der Waals surface area contributed by atoms with Gasteiger partial charge in [0.1, 0.15) is 5.75 Å². The second kappa shape index (κ2) is 7.29. The molecule has 0 bridgehead atoms. The van der Waals surface area contributed by atoms with E-state index in [1.807, 2.05) is 24.3 Å². The Hall–Kier alpha value is -1.04. The lowest BCUT2D eigenvalue weighted by Crippen LogP contribution is -2.37. The third-order valence-electron chi connectivity index (χ3n) is 3.15. The number of carbonyl (C=O) groups is 1. The van der Waals surface area contributed by atoms with Crippen LogP contribution in [0, 0.1) is 5.41 Å². The predicted molar refractivity (Wildman–Crippen MR) is 90.4 cm³/mol. The Morgan fingerprint density at radius 2 is 1.67 bits per heavy atom. The molecule has 0 aliphatic rings. The molecule has 0 saturated carbocycles. The fourth-order valence-corrected chi connectivity index (χ4v) is 2.75. The maximum Gasteiger partial charge on any atom is 0.313 e. The Morgan fingerprint density at radius 1 is 1.19 bits per heavy atom. The highest BCUT2D eigenvalue weighted by atomic mass is 35.5. The Morgan fingerprint density at radius 3 is 2.05 bits per heavy atom. The Kier molecular flexibility index (Phi) is 6.93. The van der Waals surface area contributed by atoms with E-state index in [0.717, 1.165) is 11.3 Å². The molecule has 0 unspecified atom stereocenters. The number of halogens is 1. The third-order valence-corrected chi connectivity index (χ3v) is 4.00. The van der Waals surface area contributed by atoms with Crippen LogP contribution in [-0.2, 0) is 9.53 Å². The monoisotopic (exact) mass is 331 g/mol. The van der Waals surface area contributed by atoms with E-state index in [4.69, 9.17) is 14.9 Å². The molecule has 1 atom stereocenters. The van der Waals surface area contributed by atoms with Gasteiger partial charge in [0.05, 0.1) is 12.5 Å². The first kappa shape index (κ1) is 20.0. The van der Waals surface area contributed by atoms with E-state index in [9.17, 15) is 4.79 Å². The van der Waals surface area contributed by atoms with Gasteiger partial charge in [0.25, 0.3) is 0 Å². The van der Waals surface area contributed by atoms with Gasteiger partial charge in [-0.15, -0.1) is 12.4 Å². The largest absolute Gasteiger partial charge is 0.544 e. The van der Waals surface area contributed by atoms with E-state index < -0.39 is 19.8 Å². The molecular weight excluding hydrogens is 306 g/mol. The zero-order chi connectivity index (χ0) is 15.6. The lowest BCUT2D eigenvalue weighted by Gasteiger charge is -2.29. The van der Waals surface area contributed by atoms with Crippen LogP contribution in [0.1, 0.15) is 25.5 Å². The molecular formula is C15H26ClNO3Si. The molecule has 1 rings (SSSR count). The van der Waals surface area contributed by atoms with Gasteiger partial charge < -0.3 is 14.9 Å². The number of methoxy groups -OCH3 is 1. The van der Waals surface area contributed by atoms with Gasteiger partial charge in [-0.1, -0.05) is 12.1 Å². The van der Waals surface area contributed by atoms with Gasteiger partial charge in [-0.05, 0) is 51.2 Å². The molecule has 120 valence electrons. The SMILES string of the molecule is COC(=O)C(C)(C)[C@H](N)c1ccc(O[Si](C)(C)C)cc1.Cl. The highest BCUT2D eigenvalue weighted by molar-refractivity contribution is 6.70. The van der Waals surface area contributed by atoms with Crippen molar-refractivity contribution in [3.8, 4) is 5.75 Å². The van der Waals surface area contributed by atoms with Gasteiger partial charge in [0.2, 0.25) is 8.32 Å². The minimum Gasteiger partial charge on any atom is -0.544 e. The lowest BCUT2D eigenvalue weighted by molar-refractivity contribution is -0.152. The number of ether oxygens (including phenoxy) is 1. The molecule has 0 saturated heterocycles. The van der Waals surface area contributed by atoms with Gasteiger partial charge in [0.15, 0.2) is 0 Å². The summed E-state index contributed by atoms with van der Waals surface area (Å²) >= 11 is 0. The average molecular weight is 332 g/mol. The summed E-state index contributed by atoms with van der Waals surface area (Å²) in [6.45, 7) is 9.97. The van der Waals surface area contributed by atoms with Crippen molar-refractivity contribution < 1.29 is 14.0 Å². The first-order valence-corrected chi connectivity index (χ1v) is 10.1. The van der Waals surface area contributed by atoms with Crippen molar-refractivity contribution in [2.24, 2.45) is 11.1 Å².